The molecular formula is C47H58F3N9O7. The predicted octanol–water partition coefficient (Wildman–Crippen LogP) is 7.68. The van der Waals surface area contributed by atoms with Gasteiger partial charge in [0.05, 0.1) is 11.1 Å². The number of ether oxygens (including phenoxy) is 2. The summed E-state index contributed by atoms with van der Waals surface area (Å²) in [6.07, 6.45) is -2.54. The number of alkyl carbamates (subject to hydrolysis) is 1. The van der Waals surface area contributed by atoms with Gasteiger partial charge in [-0.05, 0) is 144 Å². The second kappa shape index (κ2) is 20.8. The number of piperidine rings is 1. The highest BCUT2D eigenvalue weighted by Crippen LogP contribution is 2.36. The molecule has 6 rings (SSSR count). The molecule has 354 valence electrons. The molecule has 0 spiro atoms. The molecule has 5 amide bonds. The van der Waals surface area contributed by atoms with E-state index in [9.17, 15) is 37.1 Å². The molecule has 19 heteroatoms. The quantitative estimate of drug-likeness (QED) is 0.0936. The zero-order chi connectivity index (χ0) is 47.8. The molecule has 0 bridgehead atoms. The fraction of sp³-hybridized carbons (Fsp3) is 0.489. The molecule has 1 saturated heterocycles. The number of H-pyrrole nitrogens is 1. The van der Waals surface area contributed by atoms with Crippen LogP contribution in [0.15, 0.2) is 66.7 Å². The van der Waals surface area contributed by atoms with E-state index in [0.29, 0.717) is 73.3 Å². The molecule has 1 aliphatic carbocycles. The third-order valence-corrected chi connectivity index (χ3v) is 11.3. The van der Waals surface area contributed by atoms with Crippen molar-refractivity contribution in [1.82, 2.24) is 41.5 Å². The molecule has 0 radical (unpaired) electrons. The summed E-state index contributed by atoms with van der Waals surface area (Å²) >= 11 is 0. The van der Waals surface area contributed by atoms with Gasteiger partial charge in [-0.3, -0.25) is 14.4 Å². The highest BCUT2D eigenvalue weighted by molar-refractivity contribution is 5.98. The van der Waals surface area contributed by atoms with E-state index in [-0.39, 0.29) is 42.8 Å². The number of amides is 5. The number of hydrogen-bond donors (Lipinski definition) is 5. The van der Waals surface area contributed by atoms with Crippen LogP contribution in [0.2, 0.25) is 0 Å². The third kappa shape index (κ3) is 14.0. The normalized spacial score (nSPS) is 17.6. The molecule has 1 aliphatic heterocycles. The molecule has 5 N–H and O–H groups in total. The largest absolute Gasteiger partial charge is 0.444 e. The van der Waals surface area contributed by atoms with Gasteiger partial charge in [0.25, 0.3) is 5.91 Å². The Labute approximate surface area is 381 Å². The van der Waals surface area contributed by atoms with Gasteiger partial charge in [-0.1, -0.05) is 30.3 Å². The number of tetrazole rings is 1. The molecular weight excluding hydrogens is 860 g/mol. The lowest BCUT2D eigenvalue weighted by molar-refractivity contribution is -0.138. The Kier molecular flexibility index (Phi) is 15.4. The number of benzene rings is 3. The fourth-order valence-corrected chi connectivity index (χ4v) is 7.91. The third-order valence-electron chi connectivity index (χ3n) is 11.3. The summed E-state index contributed by atoms with van der Waals surface area (Å²) < 4.78 is 54.3. The molecule has 2 heterocycles. The number of aromatic amines is 1. The first kappa shape index (κ1) is 48.9. The Bertz CT molecular complexity index is 2310. The van der Waals surface area contributed by atoms with Crippen molar-refractivity contribution in [3.8, 4) is 22.5 Å². The number of carbonyl (C=O) groups excluding carboxylic acids is 5. The Morgan fingerprint density at radius 1 is 0.788 bits per heavy atom. The Morgan fingerprint density at radius 3 is 2.00 bits per heavy atom. The van der Waals surface area contributed by atoms with Crippen LogP contribution < -0.4 is 21.3 Å². The number of nitrogens with one attached hydrogen (secondary N) is 5. The van der Waals surface area contributed by atoms with Crippen LogP contribution in [0.1, 0.15) is 102 Å². The lowest BCUT2D eigenvalue weighted by Crippen LogP contribution is -2.48. The van der Waals surface area contributed by atoms with Gasteiger partial charge in [-0.25, -0.2) is 9.59 Å². The molecule has 1 aromatic heterocycles. The average molecular weight is 918 g/mol. The summed E-state index contributed by atoms with van der Waals surface area (Å²) in [5.74, 6) is -1.45. The summed E-state index contributed by atoms with van der Waals surface area (Å²) in [6.45, 7) is 11.6. The second-order valence-electron chi connectivity index (χ2n) is 18.8. The van der Waals surface area contributed by atoms with Crippen molar-refractivity contribution in [1.29, 1.82) is 0 Å². The molecule has 1 saturated carbocycles. The summed E-state index contributed by atoms with van der Waals surface area (Å²) in [4.78, 5) is 67.1. The molecule has 0 unspecified atom stereocenters. The zero-order valence-corrected chi connectivity index (χ0v) is 38.0. The number of rotatable bonds is 12. The van der Waals surface area contributed by atoms with Crippen LogP contribution in [0.25, 0.3) is 22.5 Å². The number of halogens is 3. The summed E-state index contributed by atoms with van der Waals surface area (Å²) in [5, 5.41) is 25.2. The van der Waals surface area contributed by atoms with E-state index >= 15 is 0 Å². The van der Waals surface area contributed by atoms with E-state index < -0.39 is 64.6 Å². The highest BCUT2D eigenvalue weighted by atomic mass is 19.4. The van der Waals surface area contributed by atoms with E-state index in [0.717, 1.165) is 12.1 Å². The number of carbonyl (C=O) groups is 5. The van der Waals surface area contributed by atoms with Crippen LogP contribution in [0.4, 0.5) is 28.4 Å². The van der Waals surface area contributed by atoms with Gasteiger partial charge in [0, 0.05) is 49.3 Å². The van der Waals surface area contributed by atoms with E-state index in [1.54, 1.807) is 90.1 Å². The molecule has 16 nitrogen and oxygen atoms in total. The number of nitrogens with zero attached hydrogens (tertiary/aromatic N) is 4. The van der Waals surface area contributed by atoms with Crippen molar-refractivity contribution in [2.75, 3.05) is 25.0 Å². The van der Waals surface area contributed by atoms with Crippen LogP contribution in [0.3, 0.4) is 0 Å². The van der Waals surface area contributed by atoms with E-state index in [1.807, 2.05) is 0 Å². The molecule has 1 atom stereocenters. The predicted molar refractivity (Wildman–Crippen MR) is 239 cm³/mol. The van der Waals surface area contributed by atoms with E-state index in [4.69, 9.17) is 9.47 Å². The maximum Gasteiger partial charge on any atom is 0.417 e. The van der Waals surface area contributed by atoms with Crippen molar-refractivity contribution in [2.45, 2.75) is 116 Å². The first-order valence-corrected chi connectivity index (χ1v) is 22.1. The molecule has 2 aliphatic rings. The standard InChI is InChI=1S/C47H58F3N9O7/c1-45(2,3)65-43(63)51-27-29-9-13-32(14-10-29)40(60)54-38(42(62)53-34-18-15-31(16-19-34)39-55-57-58-56-39)25-28-7-11-30(12-8-28)33-17-20-36(37(26-33)47(48,49)50)41(61)52-35-21-23-59(24-22-35)44(64)66-46(4,5)6/h7-8,11-12,15-20,26,29,32,35,38H,9-10,13-14,21-25,27H2,1-6H3,(H,51,63)(H,52,61)(H,53,62)(H,54,60)(H,55,56,57,58)/t29-,32-,38-/m0/s1. The van der Waals surface area contributed by atoms with Gasteiger partial charge in [-0.2, -0.15) is 18.4 Å². The average Bonchev–Trinajstić information content (AvgIpc) is 3.80. The fourth-order valence-electron chi connectivity index (χ4n) is 7.91. The van der Waals surface area contributed by atoms with E-state index in [1.165, 1.54) is 11.0 Å². The van der Waals surface area contributed by atoms with Crippen LogP contribution in [-0.4, -0.2) is 98.4 Å². The summed E-state index contributed by atoms with van der Waals surface area (Å²) in [5.41, 5.74) is -0.483. The lowest BCUT2D eigenvalue weighted by Gasteiger charge is -2.33. The maximum atomic E-state index is 14.5. The van der Waals surface area contributed by atoms with Crippen molar-refractivity contribution >= 4 is 35.6 Å². The van der Waals surface area contributed by atoms with Gasteiger partial charge in [-0.15, -0.1) is 10.2 Å². The van der Waals surface area contributed by atoms with Gasteiger partial charge in [0.1, 0.15) is 17.2 Å². The Morgan fingerprint density at radius 2 is 1.41 bits per heavy atom. The monoisotopic (exact) mass is 917 g/mol. The number of alkyl halides is 3. The van der Waals surface area contributed by atoms with Crippen molar-refractivity contribution < 1.29 is 46.6 Å². The number of hydrogen-bond acceptors (Lipinski definition) is 10. The van der Waals surface area contributed by atoms with Crippen molar-refractivity contribution in [3.05, 3.63) is 83.4 Å². The van der Waals surface area contributed by atoms with Crippen molar-refractivity contribution in [3.63, 3.8) is 0 Å². The molecule has 66 heavy (non-hydrogen) atoms. The summed E-state index contributed by atoms with van der Waals surface area (Å²) in [6, 6.07) is 15.5. The smallest absolute Gasteiger partial charge is 0.417 e. The highest BCUT2D eigenvalue weighted by Gasteiger charge is 2.37. The van der Waals surface area contributed by atoms with Gasteiger partial charge in [0.15, 0.2) is 0 Å². The number of aromatic nitrogens is 4. The van der Waals surface area contributed by atoms with Gasteiger partial charge >= 0.3 is 18.4 Å². The van der Waals surface area contributed by atoms with Gasteiger partial charge in [0.2, 0.25) is 17.6 Å². The van der Waals surface area contributed by atoms with Gasteiger partial charge < -0.3 is 35.6 Å². The number of likely N-dealkylation sites (tertiary alicyclic amines) is 1. The lowest BCUT2D eigenvalue weighted by atomic mass is 9.81. The second-order valence-corrected chi connectivity index (χ2v) is 18.8. The topological polar surface area (TPSA) is 210 Å². The molecule has 2 fully saturated rings. The first-order valence-electron chi connectivity index (χ1n) is 22.1. The van der Waals surface area contributed by atoms with Crippen LogP contribution >= 0.6 is 0 Å². The maximum absolute atomic E-state index is 14.5. The van der Waals surface area contributed by atoms with Crippen molar-refractivity contribution in [2.24, 2.45) is 11.8 Å². The summed E-state index contributed by atoms with van der Waals surface area (Å²) in [7, 11) is 0. The van der Waals surface area contributed by atoms with E-state index in [2.05, 4.69) is 41.9 Å². The minimum atomic E-state index is -4.84. The number of anilines is 1. The Hall–Kier alpha value is -6.53. The first-order chi connectivity index (χ1) is 31.1. The minimum Gasteiger partial charge on any atom is -0.444 e. The molecule has 4 aromatic rings. The Balaban J connectivity index is 1.12. The SMILES string of the molecule is CC(C)(C)OC(=O)NC[C@H]1CC[C@H](C(=O)N[C@@H](Cc2ccc(-c3ccc(C(=O)NC4CCN(C(=O)OC(C)(C)C)CC4)c(C(F)(F)F)c3)cc2)C(=O)Nc2ccc(-c3nn[nH]n3)cc2)CC1. The minimum absolute atomic E-state index is 0.0670. The molecule has 3 aromatic carbocycles. The van der Waals surface area contributed by atoms with Crippen LogP contribution in [-0.2, 0) is 31.7 Å². The zero-order valence-electron chi connectivity index (χ0n) is 38.0. The van der Waals surface area contributed by atoms with Crippen LogP contribution in [0, 0.1) is 11.8 Å². The van der Waals surface area contributed by atoms with Crippen LogP contribution in [0.5, 0.6) is 0 Å².